The Balaban J connectivity index is 3.31. The minimum atomic E-state index is -4.47. The molecule has 0 aliphatic carbocycles. The Morgan fingerprint density at radius 2 is 1.63 bits per heavy atom. The fourth-order valence-electron chi connectivity index (χ4n) is 2.43. The lowest BCUT2D eigenvalue weighted by Gasteiger charge is -2.31. The van der Waals surface area contributed by atoms with Crippen molar-refractivity contribution < 1.29 is 41.6 Å². The van der Waals surface area contributed by atoms with Crippen LogP contribution >= 0.6 is 0 Å². The van der Waals surface area contributed by atoms with Gasteiger partial charge in [-0.05, 0) is 45.4 Å². The molecule has 0 radical (unpaired) electrons. The predicted octanol–water partition coefficient (Wildman–Crippen LogP) is 1.44. The van der Waals surface area contributed by atoms with E-state index in [1.807, 2.05) is 4.72 Å². The molecule has 0 heterocycles. The number of ether oxygens (including phenoxy) is 3. The summed E-state index contributed by atoms with van der Waals surface area (Å²) in [6.07, 6.45) is -1.41. The number of anilines is 1. The highest BCUT2D eigenvalue weighted by Crippen LogP contribution is 2.21. The molecule has 3 N–H and O–H groups in total. The highest BCUT2D eigenvalue weighted by atomic mass is 32.2. The van der Waals surface area contributed by atoms with Crippen molar-refractivity contribution in [3.8, 4) is 0 Å². The van der Waals surface area contributed by atoms with Crippen LogP contribution in [0.2, 0.25) is 0 Å². The van der Waals surface area contributed by atoms with Crippen molar-refractivity contribution in [3.05, 3.63) is 29.8 Å². The monoisotopic (exact) mass is 446 g/mol. The molecule has 11 nitrogen and oxygen atoms in total. The van der Waals surface area contributed by atoms with Crippen LogP contribution in [0, 0.1) is 0 Å². The van der Waals surface area contributed by atoms with E-state index in [1.54, 1.807) is 20.8 Å². The van der Waals surface area contributed by atoms with Crippen molar-refractivity contribution >= 4 is 34.0 Å². The zero-order valence-corrected chi connectivity index (χ0v) is 18.2. The van der Waals surface area contributed by atoms with E-state index in [0.717, 1.165) is 7.11 Å². The molecule has 0 aliphatic rings. The first kappa shape index (κ1) is 25.2. The number of esters is 2. The molecule has 12 heteroatoms. The molecule has 1 amide bonds. The van der Waals surface area contributed by atoms with Crippen molar-refractivity contribution in [2.45, 2.75) is 45.3 Å². The van der Waals surface area contributed by atoms with Crippen LogP contribution in [0.3, 0.4) is 0 Å². The van der Waals surface area contributed by atoms with Gasteiger partial charge in [-0.25, -0.2) is 14.4 Å². The number of amides is 1. The molecule has 0 saturated heterocycles. The molecule has 0 spiro atoms. The van der Waals surface area contributed by atoms with E-state index in [2.05, 4.69) is 5.32 Å². The molecule has 0 fully saturated rings. The Hall–Kier alpha value is -2.86. The number of carbonyl (C=O) groups excluding carboxylic acids is 3. The molecule has 0 aliphatic heterocycles. The average molecular weight is 446 g/mol. The van der Waals surface area contributed by atoms with Gasteiger partial charge in [0, 0.05) is 6.42 Å². The van der Waals surface area contributed by atoms with E-state index in [0.29, 0.717) is 5.56 Å². The summed E-state index contributed by atoms with van der Waals surface area (Å²) in [5.74, 6) is -2.13. The molecule has 168 valence electrons. The zero-order valence-electron chi connectivity index (χ0n) is 17.3. The number of rotatable bonds is 8. The van der Waals surface area contributed by atoms with Gasteiger partial charge in [-0.2, -0.15) is 8.42 Å². The van der Waals surface area contributed by atoms with Crippen LogP contribution in [-0.4, -0.2) is 55.9 Å². The predicted molar refractivity (Wildman–Crippen MR) is 106 cm³/mol. The van der Waals surface area contributed by atoms with E-state index in [-0.39, 0.29) is 18.7 Å². The Kier molecular flexibility index (Phi) is 8.19. The number of methoxy groups -OCH3 is 1. The summed E-state index contributed by atoms with van der Waals surface area (Å²) in [5, 5.41) is 2.26. The standard InChI is InChI=1S/C18H26N2O9S/c1-6-28-15(22)18(14(21)27-5,19-16(23)29-17(2,3)4)11-12-7-9-13(10-8-12)20-30(24,25)26/h7-10,20H,6,11H2,1-5H3,(H,19,23)(H,24,25,26). The number of hydrogen-bond donors (Lipinski definition) is 3. The van der Waals surface area contributed by atoms with E-state index in [4.69, 9.17) is 18.8 Å². The molecular formula is C18H26N2O9S. The third-order valence-corrected chi connectivity index (χ3v) is 4.04. The first-order chi connectivity index (χ1) is 13.7. The second-order valence-corrected chi connectivity index (χ2v) is 8.35. The highest BCUT2D eigenvalue weighted by molar-refractivity contribution is 7.87. The van der Waals surface area contributed by atoms with Crippen molar-refractivity contribution in [2.24, 2.45) is 0 Å². The molecule has 30 heavy (non-hydrogen) atoms. The summed E-state index contributed by atoms with van der Waals surface area (Å²) >= 11 is 0. The van der Waals surface area contributed by atoms with Crippen LogP contribution in [0.1, 0.15) is 33.3 Å². The second-order valence-electron chi connectivity index (χ2n) is 7.20. The van der Waals surface area contributed by atoms with Crippen LogP contribution in [-0.2, 0) is 40.5 Å². The maximum absolute atomic E-state index is 12.7. The number of alkyl carbamates (subject to hydrolysis) is 1. The van der Waals surface area contributed by atoms with Crippen LogP contribution in [0.5, 0.6) is 0 Å². The number of benzene rings is 1. The van der Waals surface area contributed by atoms with Crippen LogP contribution in [0.4, 0.5) is 10.5 Å². The molecule has 1 atom stereocenters. The third-order valence-electron chi connectivity index (χ3n) is 3.54. The van der Waals surface area contributed by atoms with Gasteiger partial charge in [-0.15, -0.1) is 0 Å². The SMILES string of the molecule is CCOC(=O)C(Cc1ccc(NS(=O)(=O)O)cc1)(NC(=O)OC(C)(C)C)C(=O)OC. The third kappa shape index (κ3) is 7.52. The Morgan fingerprint density at radius 3 is 2.07 bits per heavy atom. The van der Waals surface area contributed by atoms with E-state index < -0.39 is 39.5 Å². The molecule has 0 bridgehead atoms. The van der Waals surface area contributed by atoms with Gasteiger partial charge < -0.3 is 14.2 Å². The molecule has 1 rings (SSSR count). The second kappa shape index (κ2) is 9.76. The normalized spacial score (nSPS) is 13.5. The molecule has 0 saturated carbocycles. The first-order valence-electron chi connectivity index (χ1n) is 8.83. The smallest absolute Gasteiger partial charge is 0.409 e. The van der Waals surface area contributed by atoms with E-state index >= 15 is 0 Å². The number of hydrogen-bond acceptors (Lipinski definition) is 8. The van der Waals surface area contributed by atoms with Gasteiger partial charge in [-0.3, -0.25) is 14.6 Å². The summed E-state index contributed by atoms with van der Waals surface area (Å²) in [6.45, 7) is 6.29. The lowest BCUT2D eigenvalue weighted by Crippen LogP contribution is -2.63. The minimum absolute atomic E-state index is 0.0427. The summed E-state index contributed by atoms with van der Waals surface area (Å²) in [4.78, 5) is 37.7. The molecular weight excluding hydrogens is 420 g/mol. The maximum atomic E-state index is 12.7. The van der Waals surface area contributed by atoms with Gasteiger partial charge in [0.05, 0.1) is 19.4 Å². The molecule has 0 aromatic heterocycles. The van der Waals surface area contributed by atoms with Crippen molar-refractivity contribution in [2.75, 3.05) is 18.4 Å². The quantitative estimate of drug-likeness (QED) is 0.232. The number of carbonyl (C=O) groups is 3. The van der Waals surface area contributed by atoms with Crippen LogP contribution in [0.15, 0.2) is 24.3 Å². The van der Waals surface area contributed by atoms with Crippen LogP contribution < -0.4 is 10.0 Å². The van der Waals surface area contributed by atoms with Gasteiger partial charge in [0.15, 0.2) is 0 Å². The van der Waals surface area contributed by atoms with Gasteiger partial charge in [0.2, 0.25) is 5.54 Å². The summed E-state index contributed by atoms with van der Waals surface area (Å²) in [7, 11) is -3.42. The Labute approximate surface area is 174 Å². The summed E-state index contributed by atoms with van der Waals surface area (Å²) in [6, 6.07) is 5.37. The Morgan fingerprint density at radius 1 is 1.07 bits per heavy atom. The minimum Gasteiger partial charge on any atom is -0.467 e. The van der Waals surface area contributed by atoms with Gasteiger partial charge in [-0.1, -0.05) is 12.1 Å². The zero-order chi connectivity index (χ0) is 23.2. The summed E-state index contributed by atoms with van der Waals surface area (Å²) in [5.41, 5.74) is -2.75. The Bertz CT molecular complexity index is 876. The van der Waals surface area contributed by atoms with Crippen molar-refractivity contribution in [3.63, 3.8) is 0 Å². The average Bonchev–Trinajstić information content (AvgIpc) is 2.59. The fraction of sp³-hybridized carbons (Fsp3) is 0.500. The summed E-state index contributed by atoms with van der Waals surface area (Å²) < 4.78 is 47.4. The van der Waals surface area contributed by atoms with Crippen molar-refractivity contribution in [1.29, 1.82) is 0 Å². The lowest BCUT2D eigenvalue weighted by molar-refractivity contribution is -0.164. The number of nitrogens with one attached hydrogen (secondary N) is 2. The van der Waals surface area contributed by atoms with E-state index in [9.17, 15) is 22.8 Å². The van der Waals surface area contributed by atoms with Gasteiger partial charge in [0.1, 0.15) is 5.60 Å². The van der Waals surface area contributed by atoms with Gasteiger partial charge in [0.25, 0.3) is 0 Å². The van der Waals surface area contributed by atoms with Crippen molar-refractivity contribution in [1.82, 2.24) is 5.32 Å². The first-order valence-corrected chi connectivity index (χ1v) is 10.3. The van der Waals surface area contributed by atoms with Crippen LogP contribution in [0.25, 0.3) is 0 Å². The van der Waals surface area contributed by atoms with Gasteiger partial charge >= 0.3 is 28.3 Å². The fourth-order valence-corrected chi connectivity index (χ4v) is 2.86. The lowest BCUT2D eigenvalue weighted by atomic mass is 9.90. The molecule has 1 aromatic carbocycles. The molecule has 1 aromatic rings. The topological polar surface area (TPSA) is 157 Å². The highest BCUT2D eigenvalue weighted by Gasteiger charge is 2.51. The largest absolute Gasteiger partial charge is 0.467 e. The molecule has 1 unspecified atom stereocenters. The maximum Gasteiger partial charge on any atom is 0.409 e. The van der Waals surface area contributed by atoms with E-state index in [1.165, 1.54) is 31.2 Å².